The Morgan fingerprint density at radius 1 is 0.376 bits per heavy atom. The number of carbonyl (C=O) groups is 4. The third-order valence-corrected chi connectivity index (χ3v) is 22.7. The number of carbonyl (C=O) groups excluding carboxylic acids is 4. The Labute approximate surface area is 821 Å². The number of nitrogens with one attached hydrogen (secondary N) is 4. The van der Waals surface area contributed by atoms with E-state index in [0.717, 1.165) is 5.56 Å². The Kier molecular flexibility index (Phi) is 40.8. The number of hydrogen-bond acceptors (Lipinski definition) is 42. The Hall–Kier alpha value is -7.24. The van der Waals surface area contributed by atoms with Gasteiger partial charge in [0.1, 0.15) is 112 Å². The van der Waals surface area contributed by atoms with Crippen molar-refractivity contribution in [2.75, 3.05) is 198 Å². The Morgan fingerprint density at radius 3 is 1.09 bits per heavy atom. The number of amides is 4. The quantitative estimate of drug-likeness (QED) is 0.0276. The summed E-state index contributed by atoms with van der Waals surface area (Å²) < 4.78 is 186. The van der Waals surface area contributed by atoms with Gasteiger partial charge >= 0.3 is 18.3 Å². The van der Waals surface area contributed by atoms with E-state index in [1.807, 2.05) is 58.0 Å². The van der Waals surface area contributed by atoms with Crippen LogP contribution in [0.3, 0.4) is 0 Å². The van der Waals surface area contributed by atoms with E-state index in [2.05, 4.69) is 52.2 Å². The van der Waals surface area contributed by atoms with E-state index < -0.39 is 149 Å². The number of alkyl carbamates (subject to hydrolysis) is 3. The van der Waals surface area contributed by atoms with Crippen LogP contribution in [0.1, 0.15) is 139 Å². The van der Waals surface area contributed by atoms with E-state index in [1.54, 1.807) is 109 Å². The lowest BCUT2D eigenvalue weighted by molar-refractivity contribution is -0.359. The summed E-state index contributed by atoms with van der Waals surface area (Å²) in [5.74, 6) is -4.62. The second-order valence-electron chi connectivity index (χ2n) is 39.8. The maximum Gasteiger partial charge on any atom is 0.408 e. The van der Waals surface area contributed by atoms with Gasteiger partial charge in [-0.2, -0.15) is 9.78 Å². The predicted octanol–water partition coefficient (Wildman–Crippen LogP) is 3.97. The zero-order chi connectivity index (χ0) is 100. The summed E-state index contributed by atoms with van der Waals surface area (Å²) in [7, 11) is 0. The average Bonchev–Trinajstić information content (AvgIpc) is 1.57. The summed E-state index contributed by atoms with van der Waals surface area (Å²) in [6, 6.07) is 7.66. The topological polar surface area (TPSA) is 504 Å². The molecule has 15 atom stereocenters. The van der Waals surface area contributed by atoms with Gasteiger partial charge < -0.3 is 163 Å². The van der Waals surface area contributed by atoms with Crippen molar-refractivity contribution < 1.29 is 171 Å². The van der Waals surface area contributed by atoms with Crippen molar-refractivity contribution in [1.29, 1.82) is 0 Å². The van der Waals surface area contributed by atoms with Crippen molar-refractivity contribution in [3.05, 3.63) is 71.6 Å². The van der Waals surface area contributed by atoms with Gasteiger partial charge in [0.25, 0.3) is 5.79 Å². The Bertz CT molecular complexity index is 4050. The van der Waals surface area contributed by atoms with Crippen molar-refractivity contribution >= 4 is 24.2 Å². The highest BCUT2D eigenvalue weighted by Gasteiger charge is 2.70. The molecule has 9 saturated heterocycles. The minimum atomic E-state index is -1.45. The molecule has 0 radical (unpaired) electrons. The number of nitrogens with zero attached hydrogens (tertiary/aromatic N) is 9. The first-order valence-electron chi connectivity index (χ1n) is 48.3. The maximum absolute atomic E-state index is 14.2. The summed E-state index contributed by atoms with van der Waals surface area (Å²) in [4.78, 5) is 63.8. The van der Waals surface area contributed by atoms with Gasteiger partial charge in [0.2, 0.25) is 12.2 Å². The number of rotatable bonds is 64. The minimum Gasteiger partial charge on any atom is -0.444 e. The zero-order valence-corrected chi connectivity index (χ0v) is 83.8. The van der Waals surface area contributed by atoms with E-state index >= 15 is 0 Å². The lowest BCUT2D eigenvalue weighted by Crippen LogP contribution is -2.65. The molecule has 12 heterocycles. The van der Waals surface area contributed by atoms with E-state index in [9.17, 15) is 19.2 Å². The highest BCUT2D eigenvalue weighted by atomic mass is 17.3. The average molecular weight is 2010 g/mol. The summed E-state index contributed by atoms with van der Waals surface area (Å²) in [5, 5.41) is 37.8. The molecule has 9 aliphatic rings. The van der Waals surface area contributed by atoms with Gasteiger partial charge in [-0.15, -0.1) is 15.3 Å². The molecule has 796 valence electrons. The first kappa shape index (κ1) is 111. The molecule has 0 unspecified atom stereocenters. The molecule has 49 nitrogen and oxygen atoms in total. The van der Waals surface area contributed by atoms with Crippen molar-refractivity contribution in [3.63, 3.8) is 0 Å². The fourth-order valence-electron chi connectivity index (χ4n) is 16.8. The van der Waals surface area contributed by atoms with Crippen molar-refractivity contribution in [3.8, 4) is 0 Å². The van der Waals surface area contributed by atoms with Crippen LogP contribution in [0.15, 0.2) is 48.9 Å². The SMILES string of the molecule is CC(C)(C)OC(=O)N[C@H]1[C@H]2OC[C@](COCCOCCOCCOCCn3cc(COCC(COCc4cn(CCOCCOCCOCCOC[C@@]56CO[C@@H](O5)[C@H](NC(=O)OC(C)(C)C)[C@H]5OC(C)(C)O[C@H]56)nn4)(COCc4cn(CCOCCOCCOCCOC[C@@]56OO[C@@H](O5)[C@H](NC(=O)OC(C)(C)C)[C@H]5OC(C)(C)O[C@H]56)nn4)NC(=O)CCCOCc4ccccc4)nn3)(O2)[C@@H]2OC(C)(C)O[C@H]12. The van der Waals surface area contributed by atoms with Gasteiger partial charge in [0.05, 0.1) is 250 Å². The number of aromatic nitrogens is 9. The number of hydrogen-bond donors (Lipinski definition) is 4. The van der Waals surface area contributed by atoms with Crippen LogP contribution >= 0.6 is 0 Å². The smallest absolute Gasteiger partial charge is 0.408 e. The lowest BCUT2D eigenvalue weighted by Gasteiger charge is -2.42. The van der Waals surface area contributed by atoms with E-state index in [0.29, 0.717) is 169 Å². The molecule has 13 rings (SSSR count). The van der Waals surface area contributed by atoms with Crippen LogP contribution in [0.25, 0.3) is 0 Å². The third-order valence-electron chi connectivity index (χ3n) is 22.7. The first-order chi connectivity index (χ1) is 67.4. The summed E-state index contributed by atoms with van der Waals surface area (Å²) in [6.45, 7) is 35.4. The molecular weight excluding hydrogens is 1860 g/mol. The molecule has 0 saturated carbocycles. The number of fused-ring (bicyclic) bond motifs is 12. The van der Waals surface area contributed by atoms with Gasteiger partial charge in [-0.05, 0) is 116 Å². The molecule has 1 aromatic carbocycles. The molecule has 3 aromatic heterocycles. The van der Waals surface area contributed by atoms with Crippen LogP contribution in [-0.2, 0) is 203 Å². The van der Waals surface area contributed by atoms with Crippen molar-refractivity contribution in [1.82, 2.24) is 66.2 Å². The lowest BCUT2D eigenvalue weighted by atomic mass is 9.88. The molecule has 49 heteroatoms. The first-order valence-corrected chi connectivity index (χ1v) is 48.3. The zero-order valence-electron chi connectivity index (χ0n) is 83.8. The molecule has 0 spiro atoms. The van der Waals surface area contributed by atoms with Gasteiger partial charge in [0, 0.05) is 13.0 Å². The number of ether oxygens (including phenoxy) is 30. The van der Waals surface area contributed by atoms with Crippen LogP contribution in [-0.4, -0.2) is 398 Å². The Balaban J connectivity index is 0.527. The molecule has 4 aromatic rings. The molecule has 141 heavy (non-hydrogen) atoms. The van der Waals surface area contributed by atoms with Crippen molar-refractivity contribution in [2.24, 2.45) is 0 Å². The third kappa shape index (κ3) is 34.4. The van der Waals surface area contributed by atoms with Gasteiger partial charge in [-0.1, -0.05) is 46.0 Å². The van der Waals surface area contributed by atoms with Crippen LogP contribution in [0.2, 0.25) is 0 Å². The van der Waals surface area contributed by atoms with Crippen molar-refractivity contribution in [2.45, 2.75) is 293 Å². The summed E-state index contributed by atoms with van der Waals surface area (Å²) in [6.07, 6.45) is -2.48. The van der Waals surface area contributed by atoms with E-state index in [1.165, 1.54) is 0 Å². The monoisotopic (exact) mass is 2010 g/mol. The molecule has 4 amide bonds. The molecule has 4 N–H and O–H groups in total. The van der Waals surface area contributed by atoms with Crippen LogP contribution in [0.5, 0.6) is 0 Å². The fourth-order valence-corrected chi connectivity index (χ4v) is 16.8. The fraction of sp³-hybridized carbons (Fsp3) is 0.826. The minimum absolute atomic E-state index is 0.00400. The maximum atomic E-state index is 14.2. The van der Waals surface area contributed by atoms with E-state index in [4.69, 9.17) is 152 Å². The summed E-state index contributed by atoms with van der Waals surface area (Å²) >= 11 is 0. The largest absolute Gasteiger partial charge is 0.444 e. The van der Waals surface area contributed by atoms with Crippen LogP contribution in [0.4, 0.5) is 14.4 Å². The predicted molar refractivity (Wildman–Crippen MR) is 483 cm³/mol. The highest BCUT2D eigenvalue weighted by molar-refractivity contribution is 5.77. The molecule has 9 aliphatic heterocycles. The second-order valence-corrected chi connectivity index (χ2v) is 39.8. The number of benzene rings is 1. The summed E-state index contributed by atoms with van der Waals surface area (Å²) in [5.41, 5.74) is -2.78. The van der Waals surface area contributed by atoms with Crippen LogP contribution in [0, 0.1) is 0 Å². The molecule has 0 aliphatic carbocycles. The van der Waals surface area contributed by atoms with Crippen LogP contribution < -0.4 is 21.3 Å². The normalized spacial score (nSPS) is 27.1. The molecule has 6 bridgehead atoms. The highest BCUT2D eigenvalue weighted by Crippen LogP contribution is 2.50. The van der Waals surface area contributed by atoms with Gasteiger partial charge in [0.15, 0.2) is 29.9 Å². The van der Waals surface area contributed by atoms with Gasteiger partial charge in [-0.25, -0.2) is 28.4 Å². The van der Waals surface area contributed by atoms with Gasteiger partial charge in [-0.3, -0.25) is 4.79 Å². The second kappa shape index (κ2) is 51.9. The standard InChI is InChI=1S/C92H147N13O36/c1-83(2,3)137-80(107)93-68-71-74(131-86(10,11)128-71)90(60-126-77(68)134-90)58-120-45-42-116-39-36-113-33-30-110-27-23-103-48-64(97-100-103)52-123-55-89(96-67(106)22-19-26-119-51-63-20-17-16-18-21-63,56-124-53-65-49-104(101-98-65)24-28-111-31-34-114-37-40-117-43-46-121-59-91-61-127-78(135-91)69(94-81(108)138-84(4,5)6)72-75(91)132-87(12,13)129-72)57-125-54-66-50-105(102-99-66)25-29-112-32-35-115-38-41-118-44-47-122-62-92-76-73(130-88(14,15)133-76)70(79(136-92)140-141-92)95-82(109)139-85(7,8)9/h16-18,20-21,48-50,68-79H,19,22-47,51-62H2,1-15H3,(H,93,107)(H,94,108)(H,95,109)(H,96,106)/t68-,69-,70-,71-,72-,73-,74-,75-,76-,77+,78+,79-,90+,91+,92+/m1/s1. The molecule has 9 fully saturated rings. The Morgan fingerprint density at radius 2 is 0.716 bits per heavy atom. The molecular formula is C92H147N13O36. The van der Waals surface area contributed by atoms with E-state index in [-0.39, 0.29) is 111 Å².